The highest BCUT2D eigenvalue weighted by atomic mass is 35.5. The second-order valence-electron chi connectivity index (χ2n) is 7.38. The minimum Gasteiger partial charge on any atom is -0.309 e. The van der Waals surface area contributed by atoms with Gasteiger partial charge in [0.1, 0.15) is 0 Å². The molecule has 1 aromatic rings. The Bertz CT molecular complexity index is 443. The summed E-state index contributed by atoms with van der Waals surface area (Å²) in [6.45, 7) is 12.5. The molecule has 1 aromatic carbocycles. The van der Waals surface area contributed by atoms with Crippen molar-refractivity contribution in [1.29, 1.82) is 0 Å². The summed E-state index contributed by atoms with van der Waals surface area (Å²) >= 11 is 6.14. The van der Waals surface area contributed by atoms with Crippen LogP contribution in [0.4, 0.5) is 0 Å². The molecule has 1 unspecified atom stereocenters. The van der Waals surface area contributed by atoms with Crippen molar-refractivity contribution in [3.8, 4) is 0 Å². The zero-order valence-electron chi connectivity index (χ0n) is 12.1. The summed E-state index contributed by atoms with van der Waals surface area (Å²) in [5.74, 6) is 0. The van der Waals surface area contributed by atoms with Crippen LogP contribution < -0.4 is 5.32 Å². The molecule has 0 amide bonds. The van der Waals surface area contributed by atoms with Crippen LogP contribution in [0, 0.1) is 10.8 Å². The Kier molecular flexibility index (Phi) is 3.50. The Labute approximate surface area is 116 Å². The second-order valence-corrected chi connectivity index (χ2v) is 7.82. The lowest BCUT2D eigenvalue weighted by Gasteiger charge is -2.31. The highest BCUT2D eigenvalue weighted by molar-refractivity contribution is 6.30. The molecule has 0 radical (unpaired) electrons. The fourth-order valence-corrected chi connectivity index (χ4v) is 2.98. The van der Waals surface area contributed by atoms with Crippen molar-refractivity contribution in [3.63, 3.8) is 0 Å². The van der Waals surface area contributed by atoms with Gasteiger partial charge in [-0.3, -0.25) is 0 Å². The molecule has 0 fully saturated rings. The number of benzene rings is 1. The average molecular weight is 266 g/mol. The molecule has 18 heavy (non-hydrogen) atoms. The summed E-state index contributed by atoms with van der Waals surface area (Å²) < 4.78 is 0. The molecule has 1 nitrogen and oxygen atoms in total. The lowest BCUT2D eigenvalue weighted by molar-refractivity contribution is 0.240. The Balaban J connectivity index is 2.26. The fraction of sp³-hybridized carbons (Fsp3) is 0.625. The van der Waals surface area contributed by atoms with Crippen molar-refractivity contribution in [2.75, 3.05) is 6.54 Å². The van der Waals surface area contributed by atoms with Crippen LogP contribution in [0.1, 0.15) is 51.8 Å². The highest BCUT2D eigenvalue weighted by Crippen LogP contribution is 2.46. The van der Waals surface area contributed by atoms with Crippen LogP contribution >= 0.6 is 11.6 Å². The van der Waals surface area contributed by atoms with E-state index in [1.54, 1.807) is 0 Å². The number of halogens is 1. The monoisotopic (exact) mass is 265 g/mol. The van der Waals surface area contributed by atoms with Crippen molar-refractivity contribution in [1.82, 2.24) is 5.32 Å². The summed E-state index contributed by atoms with van der Waals surface area (Å²) in [6.07, 6.45) is 1.13. The molecule has 1 atom stereocenters. The summed E-state index contributed by atoms with van der Waals surface area (Å²) in [7, 11) is 0. The van der Waals surface area contributed by atoms with Crippen LogP contribution in [0.3, 0.4) is 0 Å². The maximum absolute atomic E-state index is 6.14. The van der Waals surface area contributed by atoms with Gasteiger partial charge in [0.2, 0.25) is 0 Å². The Morgan fingerprint density at radius 1 is 1.33 bits per heavy atom. The Hall–Kier alpha value is -0.530. The van der Waals surface area contributed by atoms with Crippen LogP contribution in [-0.4, -0.2) is 6.54 Å². The first-order valence-electron chi connectivity index (χ1n) is 6.71. The van der Waals surface area contributed by atoms with Crippen molar-refractivity contribution in [3.05, 3.63) is 34.3 Å². The molecule has 2 rings (SSSR count). The van der Waals surface area contributed by atoms with E-state index in [2.05, 4.69) is 52.1 Å². The standard InChI is InChI=1S/C16H24ClN/c1-15(2,3)10-18-14-13-8-12(17)7-6-11(13)9-16(14,4)5/h6-8,14,18H,9-10H2,1-5H3. The molecule has 0 aliphatic heterocycles. The number of hydrogen-bond donors (Lipinski definition) is 1. The third-order valence-corrected chi connectivity index (χ3v) is 3.92. The summed E-state index contributed by atoms with van der Waals surface area (Å²) in [6, 6.07) is 6.72. The van der Waals surface area contributed by atoms with Crippen LogP contribution in [0.5, 0.6) is 0 Å². The minimum atomic E-state index is 0.262. The SMILES string of the molecule is CC(C)(C)CNC1c2cc(Cl)ccc2CC1(C)C. The van der Waals surface area contributed by atoms with Crippen molar-refractivity contribution < 1.29 is 0 Å². The molecule has 1 N–H and O–H groups in total. The van der Waals surface area contributed by atoms with E-state index in [1.807, 2.05) is 6.07 Å². The van der Waals surface area contributed by atoms with E-state index in [4.69, 9.17) is 11.6 Å². The number of hydrogen-bond acceptors (Lipinski definition) is 1. The Morgan fingerprint density at radius 2 is 2.00 bits per heavy atom. The van der Waals surface area contributed by atoms with Gasteiger partial charge in [0.15, 0.2) is 0 Å². The molecule has 0 bridgehead atoms. The lowest BCUT2D eigenvalue weighted by atomic mass is 9.84. The predicted octanol–water partition coefficient (Wildman–Crippen LogP) is 4.60. The molecule has 0 saturated heterocycles. The highest BCUT2D eigenvalue weighted by Gasteiger charge is 2.39. The van der Waals surface area contributed by atoms with Crippen LogP contribution in [0.15, 0.2) is 18.2 Å². The van der Waals surface area contributed by atoms with Gasteiger partial charge in [-0.05, 0) is 40.5 Å². The van der Waals surface area contributed by atoms with E-state index >= 15 is 0 Å². The summed E-state index contributed by atoms with van der Waals surface area (Å²) in [5.41, 5.74) is 3.39. The van der Waals surface area contributed by atoms with E-state index in [9.17, 15) is 0 Å². The van der Waals surface area contributed by atoms with E-state index in [-0.39, 0.29) is 5.41 Å². The fourth-order valence-electron chi connectivity index (χ4n) is 2.80. The quantitative estimate of drug-likeness (QED) is 0.824. The van der Waals surface area contributed by atoms with E-state index in [1.165, 1.54) is 11.1 Å². The number of rotatable bonds is 2. The second kappa shape index (κ2) is 4.54. The molecule has 0 heterocycles. The van der Waals surface area contributed by atoms with E-state index < -0.39 is 0 Å². The van der Waals surface area contributed by atoms with Gasteiger partial charge in [-0.1, -0.05) is 52.3 Å². The van der Waals surface area contributed by atoms with Gasteiger partial charge >= 0.3 is 0 Å². The predicted molar refractivity (Wildman–Crippen MR) is 79.1 cm³/mol. The zero-order valence-corrected chi connectivity index (χ0v) is 12.9. The van der Waals surface area contributed by atoms with Gasteiger partial charge in [-0.15, -0.1) is 0 Å². The molecular weight excluding hydrogens is 242 g/mol. The van der Waals surface area contributed by atoms with Gasteiger partial charge in [0.05, 0.1) is 0 Å². The average Bonchev–Trinajstić information content (AvgIpc) is 2.44. The third-order valence-electron chi connectivity index (χ3n) is 3.68. The zero-order chi connectivity index (χ0) is 13.6. The number of nitrogens with one attached hydrogen (secondary N) is 1. The summed E-state index contributed by atoms with van der Waals surface area (Å²) in [5, 5.41) is 4.58. The maximum Gasteiger partial charge on any atom is 0.0409 e. The van der Waals surface area contributed by atoms with Gasteiger partial charge in [0, 0.05) is 17.6 Å². The lowest BCUT2D eigenvalue weighted by Crippen LogP contribution is -2.36. The molecule has 2 heteroatoms. The van der Waals surface area contributed by atoms with Crippen molar-refractivity contribution >= 4 is 11.6 Å². The molecule has 1 aliphatic rings. The first kappa shape index (κ1) is 13.9. The number of fused-ring (bicyclic) bond motifs is 1. The molecule has 0 aromatic heterocycles. The molecule has 0 spiro atoms. The summed E-state index contributed by atoms with van der Waals surface area (Å²) in [4.78, 5) is 0. The Morgan fingerprint density at radius 3 is 2.61 bits per heavy atom. The minimum absolute atomic E-state index is 0.262. The first-order chi connectivity index (χ1) is 8.19. The first-order valence-corrected chi connectivity index (χ1v) is 7.09. The normalized spacial score (nSPS) is 22.0. The molecule has 0 saturated carbocycles. The smallest absolute Gasteiger partial charge is 0.0409 e. The third kappa shape index (κ3) is 2.89. The molecular formula is C16H24ClN. The molecule has 1 aliphatic carbocycles. The van der Waals surface area contributed by atoms with E-state index in [0.29, 0.717) is 11.5 Å². The van der Waals surface area contributed by atoms with Crippen LogP contribution in [-0.2, 0) is 6.42 Å². The van der Waals surface area contributed by atoms with Gasteiger partial charge in [-0.25, -0.2) is 0 Å². The van der Waals surface area contributed by atoms with Gasteiger partial charge in [0.25, 0.3) is 0 Å². The largest absolute Gasteiger partial charge is 0.309 e. The van der Waals surface area contributed by atoms with Crippen LogP contribution in [0.2, 0.25) is 5.02 Å². The topological polar surface area (TPSA) is 12.0 Å². The van der Waals surface area contributed by atoms with Gasteiger partial charge < -0.3 is 5.32 Å². The van der Waals surface area contributed by atoms with Crippen LogP contribution in [0.25, 0.3) is 0 Å². The van der Waals surface area contributed by atoms with Crippen molar-refractivity contribution in [2.45, 2.75) is 47.1 Å². The molecule has 100 valence electrons. The van der Waals surface area contributed by atoms with E-state index in [0.717, 1.165) is 18.0 Å². The van der Waals surface area contributed by atoms with Crippen molar-refractivity contribution in [2.24, 2.45) is 10.8 Å². The van der Waals surface area contributed by atoms with Gasteiger partial charge in [-0.2, -0.15) is 0 Å². The maximum atomic E-state index is 6.14.